The van der Waals surface area contributed by atoms with Gasteiger partial charge in [0.05, 0.1) is 44.1 Å². The fraction of sp³-hybridized carbons (Fsp3) is 0.0556. The average molecular weight is 1890 g/mol. The first kappa shape index (κ1) is 88.5. The van der Waals surface area contributed by atoms with Crippen molar-refractivity contribution in [2.24, 2.45) is 0 Å². The number of benzene rings is 24. The van der Waals surface area contributed by atoms with E-state index < -0.39 is 0 Å². The van der Waals surface area contributed by atoms with E-state index in [0.29, 0.717) is 0 Å². The molecule has 0 atom stereocenters. The number of para-hydroxylation sites is 8. The summed E-state index contributed by atoms with van der Waals surface area (Å²) in [6, 6.07) is 180. The molecule has 28 aromatic rings. The van der Waals surface area contributed by atoms with Crippen molar-refractivity contribution in [3.8, 4) is 134 Å². The Bertz CT molecular complexity index is 9480. The number of fused-ring (bicyclic) bond motifs is 16. The standard InChI is InChI=1S/C78H56N2.C66H48N2/c1-49-43-69-70(44-50(49)2)78(60-37-33-56(34-38-60)54-25-29-58(30-26-54)62-40-42-76-68(48-62)66-20-12-14-22-74(66)80(76)64-17-9-6-10-18-64)72-46-52(4)51(3)45-71(72)77(69)59-35-31-55(32-36-59)53-23-27-57(28-24-53)61-39-41-75-67(47-61)65-19-11-13-21-73(65)79(75)63-15-7-5-8-16-63;1-41-35-57-58(36-42(41)2)66(48-29-25-46(26-30-48)50-32-34-64-56(40-50)54-20-12-14-22-62(54)68(64)52-17-9-6-10-18-52)60-38-44(4)43(3)37-59(60)65(57)47-27-23-45(24-28-47)49-31-33-63-55(39-49)53-19-11-13-21-61(53)67(63)51-15-7-5-8-16-51/h5-48H,1-4H3;5-40H,1-4H3. The van der Waals surface area contributed by atoms with Gasteiger partial charge in [0, 0.05) is 65.8 Å². The Morgan fingerprint density at radius 3 is 0.412 bits per heavy atom. The Hall–Kier alpha value is -18.5. The molecular formula is C144H104N4. The molecule has 4 nitrogen and oxygen atoms in total. The molecular weight excluding hydrogens is 1790 g/mol. The quantitative estimate of drug-likeness (QED) is 0.0967. The first-order valence-electron chi connectivity index (χ1n) is 51.6. The molecule has 148 heavy (non-hydrogen) atoms. The Labute approximate surface area is 861 Å². The van der Waals surface area contributed by atoms with Crippen LogP contribution in [0.2, 0.25) is 0 Å². The van der Waals surface area contributed by atoms with Gasteiger partial charge in [-0.25, -0.2) is 0 Å². The molecule has 0 amide bonds. The van der Waals surface area contributed by atoms with Gasteiger partial charge in [0.25, 0.3) is 0 Å². The second-order valence-electron chi connectivity index (χ2n) is 40.6. The number of hydrogen-bond donors (Lipinski definition) is 0. The molecule has 4 aromatic heterocycles. The Morgan fingerprint density at radius 1 is 0.101 bits per heavy atom. The van der Waals surface area contributed by atoms with Crippen molar-refractivity contribution in [1.29, 1.82) is 0 Å². The van der Waals surface area contributed by atoms with E-state index in [2.05, 4.69) is 559 Å². The van der Waals surface area contributed by atoms with Crippen LogP contribution in [0.15, 0.2) is 485 Å². The molecule has 0 spiro atoms. The zero-order valence-electron chi connectivity index (χ0n) is 84.0. The van der Waals surface area contributed by atoms with Crippen molar-refractivity contribution < 1.29 is 0 Å². The molecule has 4 heteroatoms. The number of nitrogens with zero attached hydrogens (tertiary/aromatic N) is 4. The maximum atomic E-state index is 2.43. The van der Waals surface area contributed by atoms with E-state index in [1.807, 2.05) is 0 Å². The maximum absolute atomic E-state index is 2.43. The second-order valence-corrected chi connectivity index (χ2v) is 40.6. The van der Waals surface area contributed by atoms with Crippen LogP contribution < -0.4 is 0 Å². The summed E-state index contributed by atoms with van der Waals surface area (Å²) in [6.07, 6.45) is 0. The summed E-state index contributed by atoms with van der Waals surface area (Å²) < 4.78 is 9.51. The minimum absolute atomic E-state index is 1.17. The van der Waals surface area contributed by atoms with Crippen LogP contribution in [-0.4, -0.2) is 18.3 Å². The lowest BCUT2D eigenvalue weighted by molar-refractivity contribution is 1.18. The van der Waals surface area contributed by atoms with Crippen LogP contribution in [-0.2, 0) is 0 Å². The van der Waals surface area contributed by atoms with Gasteiger partial charge in [-0.15, -0.1) is 0 Å². The van der Waals surface area contributed by atoms with Crippen molar-refractivity contribution in [3.63, 3.8) is 0 Å². The van der Waals surface area contributed by atoms with Crippen LogP contribution >= 0.6 is 0 Å². The maximum Gasteiger partial charge on any atom is 0.0541 e. The van der Waals surface area contributed by atoms with Crippen LogP contribution in [0, 0.1) is 55.4 Å². The predicted molar refractivity (Wildman–Crippen MR) is 633 cm³/mol. The SMILES string of the molecule is Cc1cc2c(-c3ccc(-c4ccc(-c5ccc6c(c5)c5ccccc5n6-c5ccccc5)cc4)cc3)c3cc(C)c(C)cc3c(-c3ccc(-c4ccc(-c5ccc6c(c5)c5ccccc5n6-c5ccccc5)cc4)cc3)c2cc1C.Cc1cc2c(-c3ccc(-c4ccc5c(c4)c4ccccc4n5-c4ccccc4)cc3)c3cc(C)c(C)cc3c(-c3ccc(-c4ccc5c(c4)c4ccccc4n5-c4ccccc4)cc3)c2cc1C. The van der Waals surface area contributed by atoms with E-state index in [4.69, 9.17) is 0 Å². The monoisotopic (exact) mass is 1890 g/mol. The van der Waals surface area contributed by atoms with E-state index >= 15 is 0 Å². The second kappa shape index (κ2) is 35.8. The van der Waals surface area contributed by atoms with Gasteiger partial charge in [0.1, 0.15) is 0 Å². The van der Waals surface area contributed by atoms with Crippen molar-refractivity contribution in [2.75, 3.05) is 0 Å². The molecule has 0 radical (unpaired) electrons. The van der Waals surface area contributed by atoms with Gasteiger partial charge < -0.3 is 18.3 Å². The molecule has 28 rings (SSSR count). The van der Waals surface area contributed by atoms with Gasteiger partial charge in [0.15, 0.2) is 0 Å². The Morgan fingerprint density at radius 2 is 0.236 bits per heavy atom. The van der Waals surface area contributed by atoms with Gasteiger partial charge in [-0.2, -0.15) is 0 Å². The molecule has 0 saturated carbocycles. The first-order chi connectivity index (χ1) is 72.7. The lowest BCUT2D eigenvalue weighted by Crippen LogP contribution is -1.95. The molecule has 0 aliphatic rings. The number of aromatic nitrogens is 4. The summed E-state index contributed by atoms with van der Waals surface area (Å²) >= 11 is 0. The van der Waals surface area contributed by atoms with E-state index in [-0.39, 0.29) is 0 Å². The van der Waals surface area contributed by atoms with E-state index in [9.17, 15) is 0 Å². The zero-order chi connectivity index (χ0) is 99.2. The normalized spacial score (nSPS) is 11.8. The van der Waals surface area contributed by atoms with Crippen LogP contribution in [0.1, 0.15) is 44.5 Å². The van der Waals surface area contributed by atoms with Gasteiger partial charge in [0.2, 0.25) is 0 Å². The van der Waals surface area contributed by atoms with E-state index in [1.54, 1.807) is 0 Å². The molecule has 0 aliphatic heterocycles. The number of aryl methyl sites for hydroxylation is 8. The highest BCUT2D eigenvalue weighted by atomic mass is 15.0. The molecule has 0 fully saturated rings. The van der Waals surface area contributed by atoms with Crippen molar-refractivity contribution >= 4 is 130 Å². The van der Waals surface area contributed by atoms with Crippen molar-refractivity contribution in [3.05, 3.63) is 530 Å². The summed E-state index contributed by atoms with van der Waals surface area (Å²) in [6.45, 7) is 18.0. The number of hydrogen-bond acceptors (Lipinski definition) is 0. The fourth-order valence-corrected chi connectivity index (χ4v) is 23.8. The molecule has 0 N–H and O–H groups in total. The summed E-state index contributed by atoms with van der Waals surface area (Å²) in [4.78, 5) is 0. The van der Waals surface area contributed by atoms with E-state index in [0.717, 1.165) is 0 Å². The predicted octanol–water partition coefficient (Wildman–Crippen LogP) is 39.5. The van der Waals surface area contributed by atoms with Crippen LogP contribution in [0.4, 0.5) is 0 Å². The molecule has 24 aromatic carbocycles. The molecule has 0 bridgehead atoms. The average Bonchev–Trinajstić information content (AvgIpc) is 1.36. The first-order valence-corrected chi connectivity index (χ1v) is 51.6. The Kier molecular flexibility index (Phi) is 21.4. The highest BCUT2D eigenvalue weighted by Gasteiger charge is 2.26. The van der Waals surface area contributed by atoms with E-state index in [1.165, 1.54) is 309 Å². The highest BCUT2D eigenvalue weighted by molar-refractivity contribution is 6.25. The minimum Gasteiger partial charge on any atom is -0.309 e. The van der Waals surface area contributed by atoms with Gasteiger partial charge in [-0.1, -0.05) is 364 Å². The number of rotatable bonds is 14. The topological polar surface area (TPSA) is 19.7 Å². The summed E-state index contributed by atoms with van der Waals surface area (Å²) in [5, 5.41) is 20.3. The van der Waals surface area contributed by atoms with Crippen LogP contribution in [0.25, 0.3) is 264 Å². The summed E-state index contributed by atoms with van der Waals surface area (Å²) in [5.74, 6) is 0. The highest BCUT2D eigenvalue weighted by Crippen LogP contribution is 2.51. The lowest BCUT2D eigenvalue weighted by Gasteiger charge is -2.21. The fourth-order valence-electron chi connectivity index (χ4n) is 23.8. The van der Waals surface area contributed by atoms with Gasteiger partial charge >= 0.3 is 0 Å². The minimum atomic E-state index is 1.17. The molecule has 4 heterocycles. The van der Waals surface area contributed by atoms with Crippen molar-refractivity contribution in [1.82, 2.24) is 18.3 Å². The third-order valence-corrected chi connectivity index (χ3v) is 31.9. The van der Waals surface area contributed by atoms with Gasteiger partial charge in [-0.05, 0) is 376 Å². The molecule has 0 unspecified atom stereocenters. The smallest absolute Gasteiger partial charge is 0.0541 e. The van der Waals surface area contributed by atoms with Gasteiger partial charge in [-0.3, -0.25) is 0 Å². The largest absolute Gasteiger partial charge is 0.309 e. The summed E-state index contributed by atoms with van der Waals surface area (Å²) in [7, 11) is 0. The van der Waals surface area contributed by atoms with Crippen LogP contribution in [0.5, 0.6) is 0 Å². The molecule has 0 saturated heterocycles. The zero-order valence-corrected chi connectivity index (χ0v) is 84.0. The van der Waals surface area contributed by atoms with Crippen molar-refractivity contribution in [2.45, 2.75) is 55.4 Å². The summed E-state index contributed by atoms with van der Waals surface area (Å²) in [5.41, 5.74) is 49.3. The molecule has 0 aliphatic carbocycles. The third-order valence-electron chi connectivity index (χ3n) is 31.9. The molecule has 700 valence electrons. The van der Waals surface area contributed by atoms with Crippen LogP contribution in [0.3, 0.4) is 0 Å². The lowest BCUT2D eigenvalue weighted by atomic mass is 9.83. The Balaban J connectivity index is 0.000000148. The third kappa shape index (κ3) is 14.9.